The molecule has 2 heterocycles. The Kier molecular flexibility index (Phi) is 7.85. The number of carboxylic acid groups (broad SMARTS) is 1. The summed E-state index contributed by atoms with van der Waals surface area (Å²) in [5, 5.41) is 9.27. The average Bonchev–Trinajstić information content (AvgIpc) is 2.82. The highest BCUT2D eigenvalue weighted by Crippen LogP contribution is 2.25. The van der Waals surface area contributed by atoms with Crippen LogP contribution in [0.5, 0.6) is 5.75 Å². The molecule has 4 rings (SSSR count). The fourth-order valence-electron chi connectivity index (χ4n) is 4.80. The molecule has 2 aliphatic heterocycles. The van der Waals surface area contributed by atoms with Crippen molar-refractivity contribution in [3.63, 3.8) is 0 Å². The largest absolute Gasteiger partial charge is 0.494 e. The Hall–Kier alpha value is -2.49. The molecule has 9 heteroatoms. The quantitative estimate of drug-likeness (QED) is 0.705. The number of halogens is 1. The van der Waals surface area contributed by atoms with E-state index in [0.717, 1.165) is 62.6 Å². The molecule has 2 aromatic carbocycles. The van der Waals surface area contributed by atoms with Crippen LogP contribution in [0.2, 0.25) is 0 Å². The molecule has 0 spiro atoms. The van der Waals surface area contributed by atoms with Crippen molar-refractivity contribution >= 4 is 16.0 Å². The average molecular weight is 491 g/mol. The van der Waals surface area contributed by atoms with Gasteiger partial charge in [0.15, 0.2) is 0 Å². The highest BCUT2D eigenvalue weighted by molar-refractivity contribution is 7.89. The van der Waals surface area contributed by atoms with Crippen molar-refractivity contribution < 1.29 is 27.4 Å². The Morgan fingerprint density at radius 2 is 1.85 bits per heavy atom. The summed E-state index contributed by atoms with van der Waals surface area (Å²) < 4.78 is 48.6. The minimum atomic E-state index is -4.23. The summed E-state index contributed by atoms with van der Waals surface area (Å²) in [4.78, 5) is 13.1. The first-order chi connectivity index (χ1) is 16.3. The third-order valence-electron chi connectivity index (χ3n) is 6.67. The zero-order valence-corrected chi connectivity index (χ0v) is 20.0. The predicted molar refractivity (Wildman–Crippen MR) is 126 cm³/mol. The third kappa shape index (κ3) is 5.76. The number of rotatable bonds is 3. The summed E-state index contributed by atoms with van der Waals surface area (Å²) in [6, 6.07) is 11.3. The predicted octanol–water partition coefficient (Wildman–Crippen LogP) is 3.78. The lowest BCUT2D eigenvalue weighted by Gasteiger charge is -2.37. The second kappa shape index (κ2) is 10.8. The van der Waals surface area contributed by atoms with Gasteiger partial charge in [0.05, 0.1) is 12.2 Å². The molecule has 1 unspecified atom stereocenters. The molecule has 2 aromatic rings. The number of hydrogen-bond donors (Lipinski definition) is 1. The molecule has 0 saturated carbocycles. The van der Waals surface area contributed by atoms with Gasteiger partial charge in [0.2, 0.25) is 10.0 Å². The van der Waals surface area contributed by atoms with E-state index in [9.17, 15) is 22.7 Å². The Bertz CT molecular complexity index is 1120. The van der Waals surface area contributed by atoms with Crippen LogP contribution in [-0.2, 0) is 16.4 Å². The minimum absolute atomic E-state index is 0.150. The van der Waals surface area contributed by atoms with Crippen molar-refractivity contribution in [2.75, 3.05) is 32.8 Å². The van der Waals surface area contributed by atoms with Crippen LogP contribution in [0, 0.1) is 5.82 Å². The first-order valence-electron chi connectivity index (χ1n) is 11.8. The highest BCUT2D eigenvalue weighted by Gasteiger charge is 2.30. The van der Waals surface area contributed by atoms with E-state index in [-0.39, 0.29) is 18.7 Å². The molecule has 0 radical (unpaired) electrons. The standard InChI is InChI=1S/C25H31FN2O5S/c26-23-11-9-20(25(29)30)18-24(23)34(31,32)28-13-4-16-33-22-7-3-5-19(17-22)8-10-21-6-1-2-12-27(21)14-15-28/h3,5,7,9,11,17-18,21H,1-2,4,6,8,10,12-16H2,(H,29,30). The number of ether oxygens (including phenoxy) is 1. The molecular weight excluding hydrogens is 459 g/mol. The molecule has 1 atom stereocenters. The van der Waals surface area contributed by atoms with E-state index in [4.69, 9.17) is 4.74 Å². The van der Waals surface area contributed by atoms with Gasteiger partial charge in [0.25, 0.3) is 0 Å². The monoisotopic (exact) mass is 490 g/mol. The fraction of sp³-hybridized carbons (Fsp3) is 0.480. The van der Waals surface area contributed by atoms with Crippen molar-refractivity contribution in [3.05, 3.63) is 59.4 Å². The van der Waals surface area contributed by atoms with E-state index in [1.54, 1.807) is 0 Å². The minimum Gasteiger partial charge on any atom is -0.494 e. The molecule has 2 bridgehead atoms. The Balaban J connectivity index is 1.61. The highest BCUT2D eigenvalue weighted by atomic mass is 32.2. The Morgan fingerprint density at radius 1 is 1.00 bits per heavy atom. The van der Waals surface area contributed by atoms with Gasteiger partial charge in [-0.1, -0.05) is 18.6 Å². The summed E-state index contributed by atoms with van der Waals surface area (Å²) in [7, 11) is -4.23. The number of aromatic carboxylic acids is 1. The number of sulfonamides is 1. The van der Waals surface area contributed by atoms with Gasteiger partial charge < -0.3 is 9.84 Å². The van der Waals surface area contributed by atoms with Gasteiger partial charge in [-0.15, -0.1) is 0 Å². The van der Waals surface area contributed by atoms with E-state index < -0.39 is 26.7 Å². The first kappa shape index (κ1) is 24.6. The molecule has 1 saturated heterocycles. The van der Waals surface area contributed by atoms with Crippen molar-refractivity contribution in [3.8, 4) is 5.75 Å². The van der Waals surface area contributed by atoms with Crippen LogP contribution >= 0.6 is 0 Å². The molecule has 0 amide bonds. The summed E-state index contributed by atoms with van der Waals surface area (Å²) in [5.41, 5.74) is 0.972. The molecule has 7 nitrogen and oxygen atoms in total. The maximum Gasteiger partial charge on any atom is 0.335 e. The lowest BCUT2D eigenvalue weighted by Crippen LogP contribution is -2.45. The van der Waals surface area contributed by atoms with Gasteiger partial charge >= 0.3 is 5.97 Å². The number of carbonyl (C=O) groups is 1. The smallest absolute Gasteiger partial charge is 0.335 e. The summed E-state index contributed by atoms with van der Waals surface area (Å²) in [6.45, 7) is 2.13. The second-order valence-corrected chi connectivity index (χ2v) is 10.8. The molecular formula is C25H31FN2O5S. The van der Waals surface area contributed by atoms with Crippen LogP contribution in [-0.4, -0.2) is 67.5 Å². The van der Waals surface area contributed by atoms with E-state index in [2.05, 4.69) is 11.0 Å². The number of benzene rings is 2. The van der Waals surface area contributed by atoms with Gasteiger partial charge in [-0.2, -0.15) is 4.31 Å². The maximum atomic E-state index is 14.6. The SMILES string of the molecule is O=C(O)c1ccc(F)c(S(=O)(=O)N2CCCOc3cccc(c3)CCC3CCCCN3CC2)c1. The van der Waals surface area contributed by atoms with Crippen LogP contribution < -0.4 is 4.74 Å². The van der Waals surface area contributed by atoms with Gasteiger partial charge in [0.1, 0.15) is 16.5 Å². The van der Waals surface area contributed by atoms with Gasteiger partial charge in [-0.25, -0.2) is 17.6 Å². The first-order valence-corrected chi connectivity index (χ1v) is 13.3. The number of hydrogen-bond acceptors (Lipinski definition) is 5. The second-order valence-electron chi connectivity index (χ2n) is 8.93. The van der Waals surface area contributed by atoms with Gasteiger partial charge in [0, 0.05) is 25.7 Å². The van der Waals surface area contributed by atoms with Crippen molar-refractivity contribution in [2.45, 2.75) is 49.5 Å². The zero-order chi connectivity index (χ0) is 24.1. The fourth-order valence-corrected chi connectivity index (χ4v) is 6.36. The maximum absolute atomic E-state index is 14.6. The van der Waals surface area contributed by atoms with E-state index >= 15 is 0 Å². The molecule has 1 N–H and O–H groups in total. The molecule has 2 aliphatic rings. The Labute approximate surface area is 200 Å². The van der Waals surface area contributed by atoms with Crippen LogP contribution in [0.4, 0.5) is 4.39 Å². The topological polar surface area (TPSA) is 87.1 Å². The lowest BCUT2D eigenvalue weighted by atomic mass is 9.95. The Morgan fingerprint density at radius 3 is 2.68 bits per heavy atom. The van der Waals surface area contributed by atoms with Crippen molar-refractivity contribution in [1.82, 2.24) is 9.21 Å². The van der Waals surface area contributed by atoms with Gasteiger partial charge in [-0.05, 0) is 74.5 Å². The van der Waals surface area contributed by atoms with E-state index in [0.29, 0.717) is 25.6 Å². The van der Waals surface area contributed by atoms with E-state index in [1.807, 2.05) is 18.2 Å². The summed E-state index contributed by atoms with van der Waals surface area (Å²) in [6.07, 6.45) is 5.62. The summed E-state index contributed by atoms with van der Waals surface area (Å²) >= 11 is 0. The number of fused-ring (bicyclic) bond motifs is 3. The number of aryl methyl sites for hydroxylation is 1. The molecule has 184 valence electrons. The number of carboxylic acids is 1. The van der Waals surface area contributed by atoms with E-state index in [1.165, 1.54) is 9.87 Å². The number of piperidine rings is 1. The zero-order valence-electron chi connectivity index (χ0n) is 19.2. The normalized spacial score (nSPS) is 21.1. The van der Waals surface area contributed by atoms with Gasteiger partial charge in [-0.3, -0.25) is 4.90 Å². The summed E-state index contributed by atoms with van der Waals surface area (Å²) in [5.74, 6) is -1.50. The van der Waals surface area contributed by atoms with Crippen LogP contribution in [0.3, 0.4) is 0 Å². The lowest BCUT2D eigenvalue weighted by molar-refractivity contribution is 0.0696. The molecule has 34 heavy (non-hydrogen) atoms. The third-order valence-corrected chi connectivity index (χ3v) is 8.58. The van der Waals surface area contributed by atoms with Crippen LogP contribution in [0.25, 0.3) is 0 Å². The molecule has 0 aliphatic carbocycles. The molecule has 0 aromatic heterocycles. The van der Waals surface area contributed by atoms with Crippen LogP contribution in [0.15, 0.2) is 47.4 Å². The van der Waals surface area contributed by atoms with Crippen molar-refractivity contribution in [2.24, 2.45) is 0 Å². The van der Waals surface area contributed by atoms with Crippen molar-refractivity contribution in [1.29, 1.82) is 0 Å². The molecule has 1 fully saturated rings. The van der Waals surface area contributed by atoms with Crippen LogP contribution in [0.1, 0.15) is 48.0 Å². The number of nitrogens with zero attached hydrogens (tertiary/aromatic N) is 2.